The summed E-state index contributed by atoms with van der Waals surface area (Å²) < 4.78 is 25.0. The average Bonchev–Trinajstić information content (AvgIpc) is 2.37. The molecule has 0 saturated heterocycles. The van der Waals surface area contributed by atoms with Gasteiger partial charge in [-0.1, -0.05) is 0 Å². The second-order valence-corrected chi connectivity index (χ2v) is 6.78. The van der Waals surface area contributed by atoms with Crippen LogP contribution in [0, 0.1) is 0 Å². The molecule has 1 aromatic heterocycles. The van der Waals surface area contributed by atoms with Gasteiger partial charge in [0, 0.05) is 13.2 Å². The van der Waals surface area contributed by atoms with Crippen molar-refractivity contribution in [2.24, 2.45) is 0 Å². The highest BCUT2D eigenvalue weighted by molar-refractivity contribution is 7.89. The fourth-order valence-corrected chi connectivity index (χ4v) is 2.34. The van der Waals surface area contributed by atoms with Crippen LogP contribution in [-0.4, -0.2) is 49.7 Å². The molecule has 1 amide bonds. The number of alkyl halides is 2. The van der Waals surface area contributed by atoms with E-state index >= 15 is 0 Å². The van der Waals surface area contributed by atoms with Crippen molar-refractivity contribution >= 4 is 39.1 Å². The van der Waals surface area contributed by atoms with Crippen LogP contribution in [0.25, 0.3) is 0 Å². The molecule has 0 fully saturated rings. The third-order valence-corrected chi connectivity index (χ3v) is 3.89. The van der Waals surface area contributed by atoms with Crippen molar-refractivity contribution < 1.29 is 13.2 Å². The van der Waals surface area contributed by atoms with E-state index in [0.717, 1.165) is 0 Å². The molecule has 0 saturated carbocycles. The van der Waals surface area contributed by atoms with E-state index in [1.54, 1.807) is 7.05 Å². The number of nitrogens with zero attached hydrogens (tertiary/aromatic N) is 2. The number of pyridine rings is 1. The number of aromatic nitrogens is 1. The predicted molar refractivity (Wildman–Crippen MR) is 72.9 cm³/mol. The van der Waals surface area contributed by atoms with Gasteiger partial charge in [0.1, 0.15) is 4.84 Å². The quantitative estimate of drug-likeness (QED) is 0.814. The lowest BCUT2D eigenvalue weighted by Crippen LogP contribution is -2.30. The Labute approximate surface area is 121 Å². The SMILES string of the molecule is CNS(=O)(=O)c1ccc(C(=O)N(C)CC(Cl)Cl)cn1. The smallest absolute Gasteiger partial charge is 0.257 e. The standard InChI is InChI=1S/C10H13Cl2N3O3S/c1-13-19(17,18)9-4-3-7(5-14-9)10(16)15(2)6-8(11)12/h3-5,8,13H,6H2,1-2H3. The minimum absolute atomic E-state index is 0.151. The molecular weight excluding hydrogens is 313 g/mol. The number of hydrogen-bond acceptors (Lipinski definition) is 4. The summed E-state index contributed by atoms with van der Waals surface area (Å²) in [4.78, 5) is 16.3. The van der Waals surface area contributed by atoms with Gasteiger partial charge in [-0.25, -0.2) is 18.1 Å². The zero-order chi connectivity index (χ0) is 14.6. The number of carbonyl (C=O) groups is 1. The molecule has 1 N–H and O–H groups in total. The van der Waals surface area contributed by atoms with Crippen LogP contribution in [0.3, 0.4) is 0 Å². The predicted octanol–water partition coefficient (Wildman–Crippen LogP) is 0.865. The van der Waals surface area contributed by atoms with E-state index in [4.69, 9.17) is 23.2 Å². The highest BCUT2D eigenvalue weighted by Crippen LogP contribution is 2.10. The van der Waals surface area contributed by atoms with Gasteiger partial charge in [0.15, 0.2) is 5.03 Å². The number of hydrogen-bond donors (Lipinski definition) is 1. The molecule has 0 aliphatic heterocycles. The fourth-order valence-electron chi connectivity index (χ4n) is 1.28. The summed E-state index contributed by atoms with van der Waals surface area (Å²) in [7, 11) is -0.785. The Bertz CT molecular complexity index is 546. The van der Waals surface area contributed by atoms with Gasteiger partial charge in [-0.2, -0.15) is 0 Å². The van der Waals surface area contributed by atoms with E-state index in [1.807, 2.05) is 0 Å². The first-order chi connectivity index (χ1) is 8.77. The number of carbonyl (C=O) groups excluding carboxylic acids is 1. The van der Waals surface area contributed by atoms with Gasteiger partial charge < -0.3 is 4.90 Å². The van der Waals surface area contributed by atoms with Crippen LogP contribution in [-0.2, 0) is 10.0 Å². The van der Waals surface area contributed by atoms with Gasteiger partial charge >= 0.3 is 0 Å². The van der Waals surface area contributed by atoms with Crippen molar-refractivity contribution in [3.63, 3.8) is 0 Å². The van der Waals surface area contributed by atoms with Crippen molar-refractivity contribution in [3.8, 4) is 0 Å². The van der Waals surface area contributed by atoms with Gasteiger partial charge in [0.05, 0.1) is 12.1 Å². The van der Waals surface area contributed by atoms with E-state index in [-0.39, 0.29) is 23.0 Å². The van der Waals surface area contributed by atoms with Gasteiger partial charge in [-0.3, -0.25) is 4.79 Å². The molecule has 0 aliphatic carbocycles. The van der Waals surface area contributed by atoms with Gasteiger partial charge in [0.25, 0.3) is 15.9 Å². The maximum atomic E-state index is 11.9. The zero-order valence-electron chi connectivity index (χ0n) is 10.3. The molecule has 1 heterocycles. The van der Waals surface area contributed by atoms with Gasteiger partial charge in [0.2, 0.25) is 0 Å². The Hall–Kier alpha value is -0.890. The molecule has 0 bridgehead atoms. The van der Waals surface area contributed by atoms with Crippen molar-refractivity contribution in [2.75, 3.05) is 20.6 Å². The molecule has 0 spiro atoms. The minimum Gasteiger partial charge on any atom is -0.339 e. The highest BCUT2D eigenvalue weighted by atomic mass is 35.5. The van der Waals surface area contributed by atoms with Crippen molar-refractivity contribution in [1.29, 1.82) is 0 Å². The molecule has 9 heteroatoms. The summed E-state index contributed by atoms with van der Waals surface area (Å²) in [6, 6.07) is 2.64. The number of sulfonamides is 1. The first-order valence-corrected chi connectivity index (χ1v) is 7.56. The number of rotatable bonds is 5. The Morgan fingerprint density at radius 1 is 1.47 bits per heavy atom. The maximum Gasteiger partial charge on any atom is 0.257 e. The van der Waals surface area contributed by atoms with Gasteiger partial charge in [-0.15, -0.1) is 23.2 Å². The lowest BCUT2D eigenvalue weighted by atomic mass is 10.2. The topological polar surface area (TPSA) is 79.4 Å². The number of amides is 1. The summed E-state index contributed by atoms with van der Waals surface area (Å²) in [5.41, 5.74) is 0.256. The summed E-state index contributed by atoms with van der Waals surface area (Å²) in [6.45, 7) is 0.165. The van der Waals surface area contributed by atoms with E-state index in [1.165, 1.54) is 30.3 Å². The van der Waals surface area contributed by atoms with Crippen LogP contribution in [0.1, 0.15) is 10.4 Å². The van der Waals surface area contributed by atoms with Crippen molar-refractivity contribution in [2.45, 2.75) is 9.86 Å². The molecule has 0 radical (unpaired) electrons. The Balaban J connectivity index is 2.91. The summed E-state index contributed by atoms with van der Waals surface area (Å²) in [5.74, 6) is -0.341. The normalized spacial score (nSPS) is 11.6. The Kier molecular flexibility index (Phi) is 5.54. The highest BCUT2D eigenvalue weighted by Gasteiger charge is 2.17. The maximum absolute atomic E-state index is 11.9. The van der Waals surface area contributed by atoms with Crippen LogP contribution in [0.15, 0.2) is 23.4 Å². The first kappa shape index (κ1) is 16.2. The van der Waals surface area contributed by atoms with E-state index in [0.29, 0.717) is 0 Å². The van der Waals surface area contributed by atoms with E-state index in [9.17, 15) is 13.2 Å². The molecule has 19 heavy (non-hydrogen) atoms. The summed E-state index contributed by atoms with van der Waals surface area (Å²) in [5, 5.41) is -0.151. The van der Waals surface area contributed by atoms with Crippen LogP contribution >= 0.6 is 23.2 Å². The molecular formula is C10H13Cl2N3O3S. The average molecular weight is 326 g/mol. The lowest BCUT2D eigenvalue weighted by molar-refractivity contribution is 0.0800. The second-order valence-electron chi connectivity index (χ2n) is 3.67. The molecule has 0 aromatic carbocycles. The molecule has 106 valence electrons. The molecule has 0 unspecified atom stereocenters. The lowest BCUT2D eigenvalue weighted by Gasteiger charge is -2.17. The minimum atomic E-state index is -3.61. The van der Waals surface area contributed by atoms with Crippen molar-refractivity contribution in [3.05, 3.63) is 23.9 Å². The van der Waals surface area contributed by atoms with E-state index in [2.05, 4.69) is 9.71 Å². The molecule has 1 aromatic rings. The van der Waals surface area contributed by atoms with Crippen LogP contribution in [0.5, 0.6) is 0 Å². The largest absolute Gasteiger partial charge is 0.339 e. The van der Waals surface area contributed by atoms with Gasteiger partial charge in [-0.05, 0) is 19.2 Å². The number of nitrogens with one attached hydrogen (secondary N) is 1. The molecule has 0 atom stereocenters. The van der Waals surface area contributed by atoms with E-state index < -0.39 is 14.9 Å². The van der Waals surface area contributed by atoms with Crippen LogP contribution < -0.4 is 4.72 Å². The van der Waals surface area contributed by atoms with Crippen LogP contribution in [0.2, 0.25) is 0 Å². The van der Waals surface area contributed by atoms with Crippen molar-refractivity contribution in [1.82, 2.24) is 14.6 Å². The Morgan fingerprint density at radius 2 is 2.11 bits per heavy atom. The fraction of sp³-hybridized carbons (Fsp3) is 0.400. The molecule has 1 rings (SSSR count). The second kappa shape index (κ2) is 6.51. The molecule has 6 nitrogen and oxygen atoms in total. The summed E-state index contributed by atoms with van der Waals surface area (Å²) >= 11 is 11.2. The Morgan fingerprint density at radius 3 is 2.53 bits per heavy atom. The zero-order valence-corrected chi connectivity index (χ0v) is 12.6. The third kappa shape index (κ3) is 4.31. The number of halogens is 2. The summed E-state index contributed by atoms with van der Waals surface area (Å²) in [6.07, 6.45) is 1.19. The molecule has 0 aliphatic rings. The van der Waals surface area contributed by atoms with Crippen LogP contribution in [0.4, 0.5) is 0 Å². The first-order valence-electron chi connectivity index (χ1n) is 5.21. The third-order valence-electron chi connectivity index (χ3n) is 2.29. The monoisotopic (exact) mass is 325 g/mol.